The molecule has 47 heavy (non-hydrogen) atoms. The van der Waals surface area contributed by atoms with Gasteiger partial charge in [-0.05, 0) is 49.6 Å². The van der Waals surface area contributed by atoms with Crippen molar-refractivity contribution in [2.45, 2.75) is 74.3 Å². The van der Waals surface area contributed by atoms with Crippen LogP contribution >= 0.6 is 0 Å². The topological polar surface area (TPSA) is 141 Å². The van der Waals surface area contributed by atoms with Gasteiger partial charge >= 0.3 is 18.3 Å². The Balaban J connectivity index is 1.51. The fourth-order valence-corrected chi connectivity index (χ4v) is 7.21. The smallest absolute Gasteiger partial charge is 0.416 e. The van der Waals surface area contributed by atoms with Crippen molar-refractivity contribution in [1.82, 2.24) is 14.9 Å². The Morgan fingerprint density at radius 3 is 2.02 bits per heavy atom. The molecule has 2 N–H and O–H groups in total. The van der Waals surface area contributed by atoms with Crippen LogP contribution in [0, 0.1) is 0 Å². The summed E-state index contributed by atoms with van der Waals surface area (Å²) in [5.74, 6) is -3.60. The second-order valence-corrected chi connectivity index (χ2v) is 13.2. The van der Waals surface area contributed by atoms with E-state index in [1.54, 1.807) is 6.20 Å². The van der Waals surface area contributed by atoms with Crippen molar-refractivity contribution in [3.05, 3.63) is 76.9 Å². The van der Waals surface area contributed by atoms with Crippen LogP contribution in [0.25, 0.3) is 0 Å². The second-order valence-electron chi connectivity index (χ2n) is 11.4. The first-order valence-corrected chi connectivity index (χ1v) is 15.9. The number of sulfonamides is 1. The zero-order valence-corrected chi connectivity index (χ0v) is 25.2. The molecule has 1 aliphatic carbocycles. The van der Waals surface area contributed by atoms with E-state index in [-0.39, 0.29) is 47.9 Å². The maximum absolute atomic E-state index is 13.9. The summed E-state index contributed by atoms with van der Waals surface area (Å²) < 4.78 is 109. The Labute approximate surface area is 264 Å². The minimum atomic E-state index is -5.53. The maximum Gasteiger partial charge on any atom is 0.416 e. The molecule has 1 unspecified atom stereocenters. The minimum Gasteiger partial charge on any atom is -0.507 e. The van der Waals surface area contributed by atoms with Crippen molar-refractivity contribution in [3.8, 4) is 5.75 Å². The Bertz CT molecular complexity index is 1740. The van der Waals surface area contributed by atoms with Gasteiger partial charge in [0, 0.05) is 31.3 Å². The first kappa shape index (κ1) is 34.1. The van der Waals surface area contributed by atoms with Gasteiger partial charge in [0.25, 0.3) is 15.9 Å². The van der Waals surface area contributed by atoms with Crippen LogP contribution in [0.1, 0.15) is 77.3 Å². The number of carboxylic acid groups (broad SMARTS) is 1. The molecule has 1 aliphatic heterocycles. The SMILES string of the molecule is O=C(O)c1ccc(N(C(=O)C2CCN2Cc2cnc(C3CCCCC3)cn2)S(=O)(=O)c2cc(C(F)(F)F)cc(C(F)(F)F)c2)cc1O. The van der Waals surface area contributed by atoms with E-state index in [9.17, 15) is 54.6 Å². The lowest BCUT2D eigenvalue weighted by atomic mass is 9.87. The third-order valence-corrected chi connectivity index (χ3v) is 9.98. The van der Waals surface area contributed by atoms with E-state index in [0.717, 1.165) is 49.9 Å². The number of rotatable bonds is 8. The molecule has 0 radical (unpaired) electrons. The number of aromatic hydroxyl groups is 1. The van der Waals surface area contributed by atoms with E-state index in [1.807, 2.05) is 0 Å². The van der Waals surface area contributed by atoms with Gasteiger partial charge in [0.15, 0.2) is 0 Å². The standard InChI is InChI=1S/C30H28F6N4O6S/c31-29(32,33)18-10-19(30(34,35)36)12-22(11-18)47(45,46)40(21-6-7-23(28(43)44)26(41)13-21)27(42)25-8-9-39(25)16-20-14-38-24(15-37-20)17-4-2-1-3-5-17/h6-7,10-15,17,25,41H,1-5,8-9,16H2,(H,43,44). The molecule has 1 amide bonds. The lowest BCUT2D eigenvalue weighted by Gasteiger charge is -2.41. The third kappa shape index (κ3) is 7.20. The Morgan fingerprint density at radius 1 is 0.894 bits per heavy atom. The fraction of sp³-hybridized carbons (Fsp3) is 0.400. The molecule has 10 nitrogen and oxygen atoms in total. The lowest BCUT2D eigenvalue weighted by molar-refractivity contribution is -0.143. The average Bonchev–Trinajstić information content (AvgIpc) is 2.99. The molecule has 0 bridgehead atoms. The molecule has 1 atom stereocenters. The number of aromatic carboxylic acids is 1. The van der Waals surface area contributed by atoms with E-state index in [4.69, 9.17) is 0 Å². The van der Waals surface area contributed by atoms with Crippen LogP contribution in [0.2, 0.25) is 0 Å². The number of alkyl halides is 6. The van der Waals surface area contributed by atoms with E-state index in [0.29, 0.717) is 11.8 Å². The van der Waals surface area contributed by atoms with Crippen molar-refractivity contribution in [1.29, 1.82) is 0 Å². The summed E-state index contributed by atoms with van der Waals surface area (Å²) in [6.07, 6.45) is -2.26. The largest absolute Gasteiger partial charge is 0.507 e. The van der Waals surface area contributed by atoms with Crippen molar-refractivity contribution in [3.63, 3.8) is 0 Å². The van der Waals surface area contributed by atoms with Gasteiger partial charge in [0.05, 0.1) is 45.3 Å². The van der Waals surface area contributed by atoms with Crippen molar-refractivity contribution in [2.75, 3.05) is 10.8 Å². The number of hydrogen-bond donors (Lipinski definition) is 2. The van der Waals surface area contributed by atoms with Gasteiger partial charge in [-0.25, -0.2) is 17.5 Å². The van der Waals surface area contributed by atoms with Gasteiger partial charge in [-0.1, -0.05) is 19.3 Å². The van der Waals surface area contributed by atoms with Crippen LogP contribution in [0.3, 0.4) is 0 Å². The number of halogens is 6. The highest BCUT2D eigenvalue weighted by molar-refractivity contribution is 7.93. The zero-order chi connectivity index (χ0) is 34.3. The number of anilines is 1. The first-order valence-electron chi connectivity index (χ1n) is 14.5. The number of benzene rings is 2. The normalized spacial score (nSPS) is 18.0. The molecule has 2 fully saturated rings. The van der Waals surface area contributed by atoms with E-state index >= 15 is 0 Å². The van der Waals surface area contributed by atoms with Crippen LogP contribution in [-0.2, 0) is 33.7 Å². The van der Waals surface area contributed by atoms with Gasteiger partial charge in [-0.15, -0.1) is 0 Å². The molecular formula is C30H28F6N4O6S. The summed E-state index contributed by atoms with van der Waals surface area (Å²) in [5, 5.41) is 19.5. The van der Waals surface area contributed by atoms with Gasteiger partial charge in [-0.2, -0.15) is 26.3 Å². The molecule has 2 aromatic carbocycles. The van der Waals surface area contributed by atoms with Crippen LogP contribution in [0.4, 0.5) is 32.0 Å². The predicted octanol–water partition coefficient (Wildman–Crippen LogP) is 5.96. The zero-order valence-electron chi connectivity index (χ0n) is 24.4. The van der Waals surface area contributed by atoms with Gasteiger partial charge in [-0.3, -0.25) is 19.7 Å². The summed E-state index contributed by atoms with van der Waals surface area (Å²) >= 11 is 0. The number of nitrogens with zero attached hydrogens (tertiary/aromatic N) is 4. The van der Waals surface area contributed by atoms with Crippen LogP contribution in [0.15, 0.2) is 53.7 Å². The van der Waals surface area contributed by atoms with Crippen LogP contribution in [0.5, 0.6) is 5.75 Å². The monoisotopic (exact) mass is 686 g/mol. The van der Waals surface area contributed by atoms with E-state index < -0.39 is 73.3 Å². The van der Waals surface area contributed by atoms with Crippen molar-refractivity contribution >= 4 is 27.6 Å². The Hall–Kier alpha value is -4.25. The number of hydrogen-bond acceptors (Lipinski definition) is 8. The summed E-state index contributed by atoms with van der Waals surface area (Å²) in [4.78, 5) is 34.3. The van der Waals surface area contributed by atoms with Crippen LogP contribution < -0.4 is 4.31 Å². The quantitative estimate of drug-likeness (QED) is 0.275. The number of amides is 1. The molecule has 2 heterocycles. The summed E-state index contributed by atoms with van der Waals surface area (Å²) in [6.45, 7) is 0.286. The fourth-order valence-electron chi connectivity index (χ4n) is 5.70. The first-order chi connectivity index (χ1) is 22.0. The number of carboxylic acids is 1. The second kappa shape index (κ2) is 12.7. The van der Waals surface area contributed by atoms with Gasteiger partial charge < -0.3 is 10.2 Å². The highest BCUT2D eigenvalue weighted by Gasteiger charge is 2.44. The number of phenols is 1. The minimum absolute atomic E-state index is 0.0112. The average molecular weight is 687 g/mol. The number of likely N-dealkylation sites (tertiary alicyclic amines) is 1. The predicted molar refractivity (Wildman–Crippen MR) is 153 cm³/mol. The molecule has 2 aliphatic rings. The van der Waals surface area contributed by atoms with Crippen molar-refractivity contribution < 1.29 is 54.6 Å². The molecule has 0 spiro atoms. The van der Waals surface area contributed by atoms with E-state index in [2.05, 4.69) is 9.97 Å². The summed E-state index contributed by atoms with van der Waals surface area (Å²) in [5.41, 5.74) is -3.99. The molecular weight excluding hydrogens is 658 g/mol. The summed E-state index contributed by atoms with van der Waals surface area (Å²) in [7, 11) is -5.53. The van der Waals surface area contributed by atoms with Crippen molar-refractivity contribution in [2.24, 2.45) is 0 Å². The highest BCUT2D eigenvalue weighted by atomic mass is 32.2. The van der Waals surface area contributed by atoms with Gasteiger partial charge in [0.2, 0.25) is 0 Å². The molecule has 1 saturated carbocycles. The molecule has 17 heteroatoms. The number of carbonyl (C=O) groups is 2. The third-order valence-electron chi connectivity index (χ3n) is 8.28. The molecule has 3 aromatic rings. The summed E-state index contributed by atoms with van der Waals surface area (Å²) in [6, 6.07) is 0.589. The Morgan fingerprint density at radius 2 is 1.53 bits per heavy atom. The van der Waals surface area contributed by atoms with E-state index in [1.165, 1.54) is 11.1 Å². The number of aromatic nitrogens is 2. The highest BCUT2D eigenvalue weighted by Crippen LogP contribution is 2.40. The molecule has 1 aromatic heterocycles. The number of carbonyl (C=O) groups excluding carboxylic acids is 1. The van der Waals surface area contributed by atoms with Crippen LogP contribution in [-0.4, -0.2) is 58.0 Å². The Kier molecular flexibility index (Phi) is 9.25. The molecule has 1 saturated heterocycles. The lowest BCUT2D eigenvalue weighted by Crippen LogP contribution is -2.57. The van der Waals surface area contributed by atoms with Gasteiger partial charge in [0.1, 0.15) is 11.3 Å². The molecule has 252 valence electrons. The maximum atomic E-state index is 13.9. The molecule has 5 rings (SSSR count).